The highest BCUT2D eigenvalue weighted by atomic mass is 16.3. The summed E-state index contributed by atoms with van der Waals surface area (Å²) in [5.74, 6) is 0. The van der Waals surface area contributed by atoms with E-state index in [2.05, 4.69) is 51.9 Å². The number of furan rings is 1. The van der Waals surface area contributed by atoms with Crippen molar-refractivity contribution in [2.45, 2.75) is 0 Å². The Morgan fingerprint density at radius 1 is 0.694 bits per heavy atom. The van der Waals surface area contributed by atoms with E-state index in [0.717, 1.165) is 60.6 Å². The Morgan fingerprint density at radius 2 is 1.44 bits per heavy atom. The van der Waals surface area contributed by atoms with Crippen LogP contribution < -0.4 is 0 Å². The van der Waals surface area contributed by atoms with Crippen molar-refractivity contribution in [3.8, 4) is 22.9 Å². The van der Waals surface area contributed by atoms with E-state index in [4.69, 9.17) is 11.0 Å². The monoisotopic (exact) mass is 459 g/mol. The molecule has 0 fully saturated rings. The lowest BCUT2D eigenvalue weighted by atomic mass is 10.0. The van der Waals surface area contributed by atoms with Gasteiger partial charge in [0.15, 0.2) is 11.3 Å². The lowest BCUT2D eigenvalue weighted by Crippen LogP contribution is -1.94. The Balaban J connectivity index is 1.57. The number of hydrogen-bond donors (Lipinski definition) is 0. The van der Waals surface area contributed by atoms with Crippen LogP contribution in [0.1, 0.15) is 5.56 Å². The van der Waals surface area contributed by atoms with Crippen molar-refractivity contribution in [1.29, 1.82) is 5.26 Å². The molecule has 5 aromatic carbocycles. The van der Waals surface area contributed by atoms with Gasteiger partial charge in [0.2, 0.25) is 0 Å². The minimum absolute atomic E-state index is 0.600. The lowest BCUT2D eigenvalue weighted by Gasteiger charge is -2.08. The van der Waals surface area contributed by atoms with Gasteiger partial charge in [0.25, 0.3) is 0 Å². The van der Waals surface area contributed by atoms with Crippen molar-refractivity contribution in [1.82, 2.24) is 4.57 Å². The van der Waals surface area contributed by atoms with E-state index in [1.54, 1.807) is 0 Å². The van der Waals surface area contributed by atoms with E-state index in [1.165, 1.54) is 0 Å². The maximum atomic E-state index is 9.48. The van der Waals surface area contributed by atoms with Crippen LogP contribution in [0.15, 0.2) is 108 Å². The molecule has 0 radical (unpaired) electrons. The third-order valence-corrected chi connectivity index (χ3v) is 6.83. The summed E-state index contributed by atoms with van der Waals surface area (Å²) in [7, 11) is 0. The second-order valence-corrected chi connectivity index (χ2v) is 8.80. The van der Waals surface area contributed by atoms with Crippen LogP contribution in [0.3, 0.4) is 0 Å². The first-order valence-corrected chi connectivity index (χ1v) is 11.6. The Bertz CT molecular complexity index is 2080. The van der Waals surface area contributed by atoms with E-state index in [1.807, 2.05) is 66.7 Å². The van der Waals surface area contributed by atoms with Gasteiger partial charge in [0, 0.05) is 27.1 Å². The van der Waals surface area contributed by atoms with Crippen molar-refractivity contribution in [2.24, 2.45) is 0 Å². The van der Waals surface area contributed by atoms with Crippen LogP contribution in [0.5, 0.6) is 0 Å². The van der Waals surface area contributed by atoms with Gasteiger partial charge < -0.3 is 8.98 Å². The smallest absolute Gasteiger partial charge is 0.187 e. The van der Waals surface area contributed by atoms with Crippen molar-refractivity contribution in [3.63, 3.8) is 0 Å². The van der Waals surface area contributed by atoms with Gasteiger partial charge in [-0.25, -0.2) is 4.85 Å². The maximum absolute atomic E-state index is 9.48. The molecule has 0 aliphatic carbocycles. The summed E-state index contributed by atoms with van der Waals surface area (Å²) in [6.07, 6.45) is 0. The van der Waals surface area contributed by atoms with E-state index >= 15 is 0 Å². The molecule has 0 unspecified atom stereocenters. The quantitative estimate of drug-likeness (QED) is 0.243. The summed E-state index contributed by atoms with van der Waals surface area (Å²) in [5, 5.41) is 13.7. The van der Waals surface area contributed by atoms with Gasteiger partial charge in [-0.1, -0.05) is 66.7 Å². The molecular formula is C32H17N3O. The molecule has 36 heavy (non-hydrogen) atoms. The zero-order valence-electron chi connectivity index (χ0n) is 19.1. The molecule has 4 heteroatoms. The van der Waals surface area contributed by atoms with Crippen LogP contribution in [0.25, 0.3) is 65.4 Å². The molecule has 166 valence electrons. The number of rotatable bonds is 2. The van der Waals surface area contributed by atoms with Crippen LogP contribution in [0.2, 0.25) is 0 Å². The molecule has 4 nitrogen and oxygen atoms in total. The van der Waals surface area contributed by atoms with Crippen LogP contribution in [-0.4, -0.2) is 4.57 Å². The fourth-order valence-electron chi connectivity index (χ4n) is 5.25. The summed E-state index contributed by atoms with van der Waals surface area (Å²) >= 11 is 0. The van der Waals surface area contributed by atoms with E-state index in [9.17, 15) is 5.26 Å². The van der Waals surface area contributed by atoms with Gasteiger partial charge in [-0.05, 0) is 42.0 Å². The summed E-state index contributed by atoms with van der Waals surface area (Å²) in [6.45, 7) is 7.40. The first-order valence-electron chi connectivity index (χ1n) is 11.6. The fraction of sp³-hybridized carbons (Fsp3) is 0. The van der Waals surface area contributed by atoms with Crippen molar-refractivity contribution < 1.29 is 4.42 Å². The molecule has 2 aromatic heterocycles. The van der Waals surface area contributed by atoms with Gasteiger partial charge in [-0.15, -0.1) is 0 Å². The van der Waals surface area contributed by atoms with Crippen molar-refractivity contribution >= 4 is 49.4 Å². The molecule has 0 saturated heterocycles. The molecule has 0 aliphatic heterocycles. The Morgan fingerprint density at radius 3 is 2.31 bits per heavy atom. The molecule has 7 aromatic rings. The van der Waals surface area contributed by atoms with Crippen molar-refractivity contribution in [3.05, 3.63) is 120 Å². The van der Waals surface area contributed by atoms with E-state index < -0.39 is 0 Å². The highest BCUT2D eigenvalue weighted by Crippen LogP contribution is 2.41. The molecule has 0 spiro atoms. The number of fused-ring (bicyclic) bond motifs is 6. The molecule has 0 atom stereocenters. The number of hydrogen-bond acceptors (Lipinski definition) is 2. The van der Waals surface area contributed by atoms with Gasteiger partial charge in [0.05, 0.1) is 34.9 Å². The van der Waals surface area contributed by atoms with Crippen molar-refractivity contribution in [2.75, 3.05) is 0 Å². The van der Waals surface area contributed by atoms with Crippen LogP contribution in [0.4, 0.5) is 5.69 Å². The number of para-hydroxylation sites is 3. The average molecular weight is 460 g/mol. The Kier molecular flexibility index (Phi) is 4.24. The molecule has 0 bridgehead atoms. The van der Waals surface area contributed by atoms with Gasteiger partial charge in [-0.2, -0.15) is 5.26 Å². The predicted octanol–water partition coefficient (Wildman–Crippen LogP) is 8.77. The first kappa shape index (κ1) is 20.1. The molecular weight excluding hydrogens is 442 g/mol. The third-order valence-electron chi connectivity index (χ3n) is 6.83. The fourth-order valence-corrected chi connectivity index (χ4v) is 5.25. The predicted molar refractivity (Wildman–Crippen MR) is 144 cm³/mol. The summed E-state index contributed by atoms with van der Waals surface area (Å²) < 4.78 is 8.88. The van der Waals surface area contributed by atoms with E-state index in [-0.39, 0.29) is 0 Å². The zero-order chi connectivity index (χ0) is 24.2. The minimum atomic E-state index is 0.600. The largest absolute Gasteiger partial charge is 0.453 e. The third kappa shape index (κ3) is 2.79. The second kappa shape index (κ2) is 7.60. The topological polar surface area (TPSA) is 46.2 Å². The molecule has 0 saturated carbocycles. The summed E-state index contributed by atoms with van der Waals surface area (Å²) in [5.41, 5.74) is 7.77. The molecule has 0 amide bonds. The van der Waals surface area contributed by atoms with E-state index in [0.29, 0.717) is 11.3 Å². The van der Waals surface area contributed by atoms with Crippen LogP contribution in [-0.2, 0) is 0 Å². The first-order chi connectivity index (χ1) is 17.8. The SMILES string of the molecule is [C-]#[N+]c1cccc(-c2cccc3c2oc2c(-n4c5ccccc5c5cc(C#N)ccc54)cccc23)c1. The average Bonchev–Trinajstić information content (AvgIpc) is 3.48. The maximum Gasteiger partial charge on any atom is 0.187 e. The highest BCUT2D eigenvalue weighted by molar-refractivity contribution is 6.14. The number of nitrogens with zero attached hydrogens (tertiary/aromatic N) is 3. The standard InChI is InChI=1S/C32H17N3O/c1-34-22-8-4-7-21(18-22)23-10-5-11-25-26-12-6-14-30(32(26)36-31(23)25)35-28-13-3-2-9-24(28)27-17-20(19-33)15-16-29(27)35/h2-18H. The number of aromatic nitrogens is 1. The highest BCUT2D eigenvalue weighted by Gasteiger charge is 2.19. The second-order valence-electron chi connectivity index (χ2n) is 8.80. The molecule has 0 aliphatic rings. The Labute approximate surface area is 206 Å². The summed E-state index contributed by atoms with van der Waals surface area (Å²) in [4.78, 5) is 3.59. The summed E-state index contributed by atoms with van der Waals surface area (Å²) in [6, 6.07) is 36.3. The molecule has 2 heterocycles. The Hall–Kier alpha value is -5.32. The lowest BCUT2D eigenvalue weighted by molar-refractivity contribution is 0.667. The number of nitriles is 1. The van der Waals surface area contributed by atoms with Crippen LogP contribution >= 0.6 is 0 Å². The zero-order valence-corrected chi connectivity index (χ0v) is 19.1. The molecule has 7 rings (SSSR count). The minimum Gasteiger partial charge on any atom is -0.453 e. The molecule has 0 N–H and O–H groups in total. The number of benzene rings is 5. The van der Waals surface area contributed by atoms with Crippen LogP contribution in [0, 0.1) is 17.9 Å². The van der Waals surface area contributed by atoms with Gasteiger partial charge in [0.1, 0.15) is 5.58 Å². The normalized spacial score (nSPS) is 11.3. The van der Waals surface area contributed by atoms with Gasteiger partial charge in [-0.3, -0.25) is 0 Å². The van der Waals surface area contributed by atoms with Gasteiger partial charge >= 0.3 is 0 Å².